The number of hydrogen-bond donors (Lipinski definition) is 2. The number of imidazole rings is 1. The zero-order valence-corrected chi connectivity index (χ0v) is 18.5. The summed E-state index contributed by atoms with van der Waals surface area (Å²) in [7, 11) is 0. The third-order valence-electron chi connectivity index (χ3n) is 4.24. The lowest BCUT2D eigenvalue weighted by atomic mass is 10.2. The molecule has 2 aromatic heterocycles. The number of hydrogen-bond acceptors (Lipinski definition) is 3. The predicted molar refractivity (Wildman–Crippen MR) is 115 cm³/mol. The van der Waals surface area contributed by atoms with E-state index in [0.29, 0.717) is 6.54 Å². The summed E-state index contributed by atoms with van der Waals surface area (Å²) in [4.78, 5) is 16.5. The molecule has 0 atom stereocenters. The van der Waals surface area contributed by atoms with Crippen LogP contribution in [0.1, 0.15) is 28.2 Å². The number of carbonyl (C=O) groups is 1. The second-order valence-electron chi connectivity index (χ2n) is 6.29. The van der Waals surface area contributed by atoms with Crippen molar-refractivity contribution in [3.8, 4) is 0 Å². The molecule has 30 heavy (non-hydrogen) atoms. The van der Waals surface area contributed by atoms with Crippen LogP contribution in [0.3, 0.4) is 0 Å². The molecule has 0 saturated heterocycles. The molecule has 0 radical (unpaired) electrons. The molecular weight excluding hydrogens is 508 g/mol. The fourth-order valence-electron chi connectivity index (χ4n) is 2.91. The Morgan fingerprint density at radius 3 is 2.50 bits per heavy atom. The van der Waals surface area contributed by atoms with Gasteiger partial charge in [0, 0.05) is 18.1 Å². The average Bonchev–Trinajstić information content (AvgIpc) is 3.05. The summed E-state index contributed by atoms with van der Waals surface area (Å²) in [6.07, 6.45) is -2.42. The van der Waals surface area contributed by atoms with Crippen molar-refractivity contribution in [3.05, 3.63) is 63.5 Å². The van der Waals surface area contributed by atoms with Gasteiger partial charge >= 0.3 is 6.18 Å². The molecule has 0 aliphatic carbocycles. The topological polar surface area (TPSA) is 58.4 Å². The molecule has 160 valence electrons. The number of anilines is 1. The van der Waals surface area contributed by atoms with Gasteiger partial charge in [-0.1, -0.05) is 45.2 Å². The van der Waals surface area contributed by atoms with Crippen LogP contribution < -0.4 is 10.6 Å². The van der Waals surface area contributed by atoms with Crippen LogP contribution in [0, 0.1) is 0 Å². The highest BCUT2D eigenvalue weighted by atomic mass is 79.9. The average molecular weight is 524 g/mol. The molecule has 0 aliphatic rings. The van der Waals surface area contributed by atoms with Gasteiger partial charge in [-0.2, -0.15) is 13.2 Å². The van der Waals surface area contributed by atoms with E-state index in [1.165, 1.54) is 34.9 Å². The largest absolute Gasteiger partial charge is 0.435 e. The minimum atomic E-state index is -4.65. The van der Waals surface area contributed by atoms with Gasteiger partial charge in [0.25, 0.3) is 5.91 Å². The van der Waals surface area contributed by atoms with Crippen molar-refractivity contribution in [2.75, 3.05) is 17.2 Å². The minimum absolute atomic E-state index is 0.0290. The number of nitrogens with one attached hydrogen (secondary N) is 2. The van der Waals surface area contributed by atoms with Crippen molar-refractivity contribution in [2.45, 2.75) is 19.1 Å². The van der Waals surface area contributed by atoms with Gasteiger partial charge < -0.3 is 15.0 Å². The number of carbonyl (C=O) groups excluding carboxylic acids is 1. The number of halogens is 6. The SMILES string of the molecule is O=C(Nc1cccn2c(CNCCCBr)c(C(F)(F)F)nc12)c1c(Cl)cccc1Cl. The molecule has 0 aliphatic heterocycles. The molecule has 1 amide bonds. The molecule has 1 aromatic carbocycles. The maximum absolute atomic E-state index is 13.6. The summed E-state index contributed by atoms with van der Waals surface area (Å²) >= 11 is 15.4. The van der Waals surface area contributed by atoms with Crippen LogP contribution in [-0.2, 0) is 12.7 Å². The van der Waals surface area contributed by atoms with Crippen LogP contribution in [0.25, 0.3) is 5.65 Å². The fourth-order valence-corrected chi connectivity index (χ4v) is 3.76. The van der Waals surface area contributed by atoms with E-state index in [-0.39, 0.29) is 39.2 Å². The maximum atomic E-state index is 13.6. The number of nitrogens with zero attached hydrogens (tertiary/aromatic N) is 2. The number of aromatic nitrogens is 2. The maximum Gasteiger partial charge on any atom is 0.435 e. The summed E-state index contributed by atoms with van der Waals surface area (Å²) in [6, 6.07) is 7.57. The van der Waals surface area contributed by atoms with Gasteiger partial charge in [0.1, 0.15) is 0 Å². The van der Waals surface area contributed by atoms with Crippen molar-refractivity contribution in [1.82, 2.24) is 14.7 Å². The van der Waals surface area contributed by atoms with E-state index in [4.69, 9.17) is 23.2 Å². The summed E-state index contributed by atoms with van der Waals surface area (Å²) in [5, 5.41) is 6.54. The van der Waals surface area contributed by atoms with Crippen LogP contribution >= 0.6 is 39.1 Å². The van der Waals surface area contributed by atoms with Crippen LogP contribution in [0.4, 0.5) is 18.9 Å². The molecule has 11 heteroatoms. The Morgan fingerprint density at radius 1 is 1.17 bits per heavy atom. The first-order valence-electron chi connectivity index (χ1n) is 8.83. The molecule has 5 nitrogen and oxygen atoms in total. The van der Waals surface area contributed by atoms with Crippen molar-refractivity contribution in [3.63, 3.8) is 0 Å². The van der Waals surface area contributed by atoms with Gasteiger partial charge in [-0.05, 0) is 37.2 Å². The van der Waals surface area contributed by atoms with Crippen molar-refractivity contribution in [2.24, 2.45) is 0 Å². The number of alkyl halides is 4. The van der Waals surface area contributed by atoms with Gasteiger partial charge in [-0.3, -0.25) is 4.79 Å². The molecule has 0 saturated carbocycles. The van der Waals surface area contributed by atoms with E-state index < -0.39 is 17.8 Å². The Kier molecular flexibility index (Phi) is 7.28. The third kappa shape index (κ3) is 4.91. The lowest BCUT2D eigenvalue weighted by molar-refractivity contribution is -0.141. The number of pyridine rings is 1. The van der Waals surface area contributed by atoms with E-state index >= 15 is 0 Å². The normalized spacial score (nSPS) is 11.8. The Hall–Kier alpha value is -1.81. The molecular formula is C19H16BrCl2F3N4O. The quantitative estimate of drug-likeness (QED) is 0.304. The molecule has 0 fully saturated rings. The smallest absolute Gasteiger partial charge is 0.319 e. The molecule has 3 aromatic rings. The second kappa shape index (κ2) is 9.55. The van der Waals surface area contributed by atoms with Gasteiger partial charge in [-0.15, -0.1) is 0 Å². The molecule has 0 bridgehead atoms. The molecule has 0 spiro atoms. The van der Waals surface area contributed by atoms with Crippen molar-refractivity contribution >= 4 is 56.4 Å². The number of amides is 1. The van der Waals surface area contributed by atoms with Gasteiger partial charge in [0.05, 0.1) is 27.0 Å². The highest BCUT2D eigenvalue weighted by Crippen LogP contribution is 2.34. The van der Waals surface area contributed by atoms with Crippen LogP contribution in [-0.4, -0.2) is 27.2 Å². The minimum Gasteiger partial charge on any atom is -0.319 e. The first kappa shape index (κ1) is 22.9. The number of rotatable bonds is 7. The van der Waals surface area contributed by atoms with E-state index in [9.17, 15) is 18.0 Å². The molecule has 2 N–H and O–H groups in total. The Labute approximate surface area is 188 Å². The molecule has 2 heterocycles. The monoisotopic (exact) mass is 522 g/mol. The van der Waals surface area contributed by atoms with E-state index in [2.05, 4.69) is 31.5 Å². The Bertz CT molecular complexity index is 1050. The predicted octanol–water partition coefficient (Wildman–Crippen LogP) is 5.79. The zero-order chi connectivity index (χ0) is 21.9. The van der Waals surface area contributed by atoms with Gasteiger partial charge in [0.15, 0.2) is 11.3 Å². The van der Waals surface area contributed by atoms with Crippen LogP contribution in [0.2, 0.25) is 10.0 Å². The van der Waals surface area contributed by atoms with Crippen molar-refractivity contribution < 1.29 is 18.0 Å². The van der Waals surface area contributed by atoms with Crippen LogP contribution in [0.15, 0.2) is 36.5 Å². The van der Waals surface area contributed by atoms with Crippen molar-refractivity contribution in [1.29, 1.82) is 0 Å². The Morgan fingerprint density at radius 2 is 1.87 bits per heavy atom. The Balaban J connectivity index is 2.00. The van der Waals surface area contributed by atoms with Gasteiger partial charge in [0.2, 0.25) is 0 Å². The fraction of sp³-hybridized carbons (Fsp3) is 0.263. The summed E-state index contributed by atoms with van der Waals surface area (Å²) < 4.78 is 42.1. The highest BCUT2D eigenvalue weighted by molar-refractivity contribution is 9.09. The first-order valence-corrected chi connectivity index (χ1v) is 10.7. The van der Waals surface area contributed by atoms with E-state index in [0.717, 1.165) is 11.8 Å². The first-order chi connectivity index (χ1) is 14.2. The highest BCUT2D eigenvalue weighted by Gasteiger charge is 2.38. The zero-order valence-electron chi connectivity index (χ0n) is 15.4. The third-order valence-corrected chi connectivity index (χ3v) is 5.43. The summed E-state index contributed by atoms with van der Waals surface area (Å²) in [5.41, 5.74) is -0.943. The number of fused-ring (bicyclic) bond motifs is 1. The van der Waals surface area contributed by atoms with Gasteiger partial charge in [-0.25, -0.2) is 4.98 Å². The molecule has 0 unspecified atom stereocenters. The number of benzene rings is 1. The van der Waals surface area contributed by atoms with E-state index in [1.54, 1.807) is 6.07 Å². The van der Waals surface area contributed by atoms with Crippen LogP contribution in [0.5, 0.6) is 0 Å². The second-order valence-corrected chi connectivity index (χ2v) is 7.90. The molecule has 3 rings (SSSR count). The summed E-state index contributed by atoms with van der Waals surface area (Å²) in [6.45, 7) is 0.508. The lowest BCUT2D eigenvalue weighted by Gasteiger charge is -2.10. The summed E-state index contributed by atoms with van der Waals surface area (Å²) in [5.74, 6) is -0.646. The standard InChI is InChI=1S/C19H16BrCl2F3N4O/c20-7-3-8-26-10-14-16(19(23,24)25)28-17-13(6-2-9-29(14)17)27-18(30)15-11(21)4-1-5-12(15)22/h1-2,4-6,9,26H,3,7-8,10H2,(H,27,30). The lowest BCUT2D eigenvalue weighted by Crippen LogP contribution is -2.19. The van der Waals surface area contributed by atoms with E-state index in [1.807, 2.05) is 0 Å².